The minimum atomic E-state index is -3.68. The van der Waals surface area contributed by atoms with Gasteiger partial charge in [-0.2, -0.15) is 4.31 Å². The van der Waals surface area contributed by atoms with E-state index in [0.29, 0.717) is 25.2 Å². The number of morpholine rings is 1. The van der Waals surface area contributed by atoms with Crippen LogP contribution in [0.2, 0.25) is 0 Å². The Morgan fingerprint density at radius 2 is 1.66 bits per heavy atom. The molecule has 1 saturated heterocycles. The van der Waals surface area contributed by atoms with Crippen molar-refractivity contribution < 1.29 is 27.5 Å². The molecule has 29 heavy (non-hydrogen) atoms. The highest BCUT2D eigenvalue weighted by Crippen LogP contribution is 2.19. The van der Waals surface area contributed by atoms with Gasteiger partial charge in [-0.05, 0) is 24.6 Å². The number of carbonyl (C=O) groups is 2. The Bertz CT molecular complexity index is 952. The zero-order valence-corrected chi connectivity index (χ0v) is 16.8. The van der Waals surface area contributed by atoms with Crippen molar-refractivity contribution in [3.05, 3.63) is 65.7 Å². The van der Waals surface area contributed by atoms with E-state index in [4.69, 9.17) is 9.47 Å². The van der Waals surface area contributed by atoms with Crippen molar-refractivity contribution in [1.29, 1.82) is 0 Å². The smallest absolute Gasteiger partial charge is 0.338 e. The Balaban J connectivity index is 1.55. The third-order valence-electron chi connectivity index (χ3n) is 4.55. The highest BCUT2D eigenvalue weighted by Gasteiger charge is 2.27. The topological polar surface area (TPSA) is 90.0 Å². The second-order valence-corrected chi connectivity index (χ2v) is 8.51. The monoisotopic (exact) mass is 417 g/mol. The Hall–Kier alpha value is -2.55. The molecule has 0 bridgehead atoms. The number of Topliss-reactive ketones (excluding diaryl/α,β-unsaturated/α-hetero) is 1. The van der Waals surface area contributed by atoms with Crippen molar-refractivity contribution >= 4 is 21.8 Å². The van der Waals surface area contributed by atoms with Gasteiger partial charge in [-0.15, -0.1) is 0 Å². The summed E-state index contributed by atoms with van der Waals surface area (Å²) in [6.07, 6.45) is 0.661. The number of rotatable bonds is 8. The summed E-state index contributed by atoms with van der Waals surface area (Å²) in [6, 6.07) is 14.7. The number of hydrogen-bond acceptors (Lipinski definition) is 6. The fourth-order valence-electron chi connectivity index (χ4n) is 2.97. The summed E-state index contributed by atoms with van der Waals surface area (Å²) in [6.45, 7) is 1.35. The van der Waals surface area contributed by atoms with Crippen LogP contribution in [0.4, 0.5) is 0 Å². The number of ether oxygens (including phenoxy) is 2. The summed E-state index contributed by atoms with van der Waals surface area (Å²) >= 11 is 0. The molecule has 8 heteroatoms. The van der Waals surface area contributed by atoms with Crippen LogP contribution in [0.5, 0.6) is 0 Å². The molecule has 0 N–H and O–H groups in total. The number of ketones is 1. The fraction of sp³-hybridized carbons (Fsp3) is 0.333. The second-order valence-electron chi connectivity index (χ2n) is 6.57. The predicted octanol–water partition coefficient (Wildman–Crippen LogP) is 2.53. The molecule has 0 amide bonds. The lowest BCUT2D eigenvalue weighted by Gasteiger charge is -2.26. The van der Waals surface area contributed by atoms with E-state index in [1.165, 1.54) is 28.6 Å². The van der Waals surface area contributed by atoms with Gasteiger partial charge in [0.25, 0.3) is 0 Å². The standard InChI is InChI=1S/C21H23NO6S/c23-20(17-6-2-1-3-7-17)10-5-13-28-21(24)18-8-4-9-19(16-18)29(25,26)22-11-14-27-15-12-22/h1-4,6-9,16H,5,10-15H2. The highest BCUT2D eigenvalue weighted by molar-refractivity contribution is 7.89. The van der Waals surface area contributed by atoms with Gasteiger partial charge in [-0.25, -0.2) is 13.2 Å². The number of hydrogen-bond donors (Lipinski definition) is 0. The molecule has 2 aromatic rings. The first kappa shape index (κ1) is 21.2. The maximum atomic E-state index is 12.7. The minimum absolute atomic E-state index is 0.0137. The number of benzene rings is 2. The molecule has 0 unspecified atom stereocenters. The third-order valence-corrected chi connectivity index (χ3v) is 6.45. The fourth-order valence-corrected chi connectivity index (χ4v) is 4.42. The molecule has 1 fully saturated rings. The van der Waals surface area contributed by atoms with E-state index in [0.717, 1.165) is 0 Å². The van der Waals surface area contributed by atoms with Gasteiger partial charge in [0.15, 0.2) is 5.78 Å². The molecule has 1 aliphatic rings. The van der Waals surface area contributed by atoms with Crippen LogP contribution < -0.4 is 0 Å². The third kappa shape index (κ3) is 5.50. The lowest BCUT2D eigenvalue weighted by atomic mass is 10.1. The van der Waals surface area contributed by atoms with E-state index >= 15 is 0 Å². The molecule has 0 aromatic heterocycles. The summed E-state index contributed by atoms with van der Waals surface area (Å²) in [5, 5.41) is 0. The Labute approximate surface area is 170 Å². The van der Waals surface area contributed by atoms with Crippen LogP contribution in [-0.2, 0) is 19.5 Å². The van der Waals surface area contributed by atoms with Crippen LogP contribution in [-0.4, -0.2) is 57.4 Å². The van der Waals surface area contributed by atoms with E-state index in [9.17, 15) is 18.0 Å². The molecule has 0 saturated carbocycles. The molecule has 0 spiro atoms. The first-order valence-corrected chi connectivity index (χ1v) is 10.9. The normalized spacial score (nSPS) is 15.0. The first-order valence-electron chi connectivity index (χ1n) is 9.42. The van der Waals surface area contributed by atoms with Crippen LogP contribution in [0.3, 0.4) is 0 Å². The maximum Gasteiger partial charge on any atom is 0.338 e. The molecule has 7 nitrogen and oxygen atoms in total. The van der Waals surface area contributed by atoms with E-state index in [2.05, 4.69) is 0 Å². The molecule has 3 rings (SSSR count). The van der Waals surface area contributed by atoms with E-state index in [1.807, 2.05) is 6.07 Å². The Morgan fingerprint density at radius 3 is 2.38 bits per heavy atom. The average Bonchev–Trinajstić information content (AvgIpc) is 2.77. The summed E-state index contributed by atoms with van der Waals surface area (Å²) in [5.74, 6) is -0.628. The minimum Gasteiger partial charge on any atom is -0.462 e. The molecular formula is C21H23NO6S. The largest absolute Gasteiger partial charge is 0.462 e. The maximum absolute atomic E-state index is 12.7. The molecule has 0 radical (unpaired) electrons. The van der Waals surface area contributed by atoms with Gasteiger partial charge in [-0.3, -0.25) is 4.79 Å². The summed E-state index contributed by atoms with van der Waals surface area (Å²) in [5.41, 5.74) is 0.786. The van der Waals surface area contributed by atoms with Gasteiger partial charge in [0.05, 0.1) is 30.3 Å². The van der Waals surface area contributed by atoms with Gasteiger partial charge < -0.3 is 9.47 Å². The van der Waals surface area contributed by atoms with Crippen LogP contribution in [0.1, 0.15) is 33.6 Å². The summed E-state index contributed by atoms with van der Waals surface area (Å²) < 4.78 is 37.2. The summed E-state index contributed by atoms with van der Waals surface area (Å²) in [4.78, 5) is 24.4. The quantitative estimate of drug-likeness (QED) is 0.372. The van der Waals surface area contributed by atoms with E-state index < -0.39 is 16.0 Å². The van der Waals surface area contributed by atoms with Gasteiger partial charge in [0.1, 0.15) is 0 Å². The SMILES string of the molecule is O=C(CCCOC(=O)c1cccc(S(=O)(=O)N2CCOCC2)c1)c1ccccc1. The molecule has 154 valence electrons. The van der Waals surface area contributed by atoms with Crippen LogP contribution >= 0.6 is 0 Å². The lowest BCUT2D eigenvalue weighted by Crippen LogP contribution is -2.40. The number of nitrogens with zero attached hydrogens (tertiary/aromatic N) is 1. The average molecular weight is 417 g/mol. The Kier molecular flexibility index (Phi) is 7.13. The lowest BCUT2D eigenvalue weighted by molar-refractivity contribution is 0.0493. The first-order chi connectivity index (χ1) is 14.0. The van der Waals surface area contributed by atoms with E-state index in [1.54, 1.807) is 24.3 Å². The van der Waals surface area contributed by atoms with Gasteiger partial charge in [0.2, 0.25) is 10.0 Å². The number of esters is 1. The van der Waals surface area contributed by atoms with Crippen molar-refractivity contribution in [2.75, 3.05) is 32.9 Å². The van der Waals surface area contributed by atoms with Gasteiger partial charge in [-0.1, -0.05) is 36.4 Å². The van der Waals surface area contributed by atoms with Crippen molar-refractivity contribution in [3.8, 4) is 0 Å². The second kappa shape index (κ2) is 9.78. The summed E-state index contributed by atoms with van der Waals surface area (Å²) in [7, 11) is -3.68. The van der Waals surface area contributed by atoms with Crippen LogP contribution in [0, 0.1) is 0 Å². The predicted molar refractivity (Wildman–Crippen MR) is 106 cm³/mol. The number of carbonyl (C=O) groups excluding carboxylic acids is 2. The van der Waals surface area contributed by atoms with Crippen molar-refractivity contribution in [3.63, 3.8) is 0 Å². The molecule has 1 heterocycles. The highest BCUT2D eigenvalue weighted by atomic mass is 32.2. The Morgan fingerprint density at radius 1 is 0.966 bits per heavy atom. The molecular weight excluding hydrogens is 394 g/mol. The van der Waals surface area contributed by atoms with Crippen LogP contribution in [0.25, 0.3) is 0 Å². The number of sulfonamides is 1. The van der Waals surface area contributed by atoms with Crippen LogP contribution in [0.15, 0.2) is 59.5 Å². The van der Waals surface area contributed by atoms with Crippen molar-refractivity contribution in [2.45, 2.75) is 17.7 Å². The van der Waals surface area contributed by atoms with Crippen molar-refractivity contribution in [2.24, 2.45) is 0 Å². The molecule has 0 atom stereocenters. The van der Waals surface area contributed by atoms with Crippen molar-refractivity contribution in [1.82, 2.24) is 4.31 Å². The molecule has 1 aliphatic heterocycles. The van der Waals surface area contributed by atoms with E-state index in [-0.39, 0.29) is 42.4 Å². The van der Waals surface area contributed by atoms with Gasteiger partial charge >= 0.3 is 5.97 Å². The zero-order chi connectivity index (χ0) is 20.7. The van der Waals surface area contributed by atoms with Gasteiger partial charge in [0, 0.05) is 25.1 Å². The zero-order valence-electron chi connectivity index (χ0n) is 16.0. The molecule has 2 aromatic carbocycles. The molecule has 0 aliphatic carbocycles.